The average Bonchev–Trinajstić information content (AvgIpc) is 2.95. The van der Waals surface area contributed by atoms with Gasteiger partial charge in [0.1, 0.15) is 0 Å². The van der Waals surface area contributed by atoms with Crippen molar-refractivity contribution >= 4 is 15.5 Å². The van der Waals surface area contributed by atoms with E-state index in [-0.39, 0.29) is 4.90 Å². The Hall–Kier alpha value is -1.17. The van der Waals surface area contributed by atoms with E-state index in [1.54, 1.807) is 12.1 Å². The Morgan fingerprint density at radius 1 is 1.19 bits per heavy atom. The minimum atomic E-state index is -4.50. The molecular weight excluding hydrogens is 296 g/mol. The van der Waals surface area contributed by atoms with Crippen LogP contribution in [0, 0.1) is 5.41 Å². The molecule has 0 unspecified atom stereocenters. The van der Waals surface area contributed by atoms with Gasteiger partial charge in [-0.3, -0.25) is 0 Å². The number of halogens is 2. The SMILES string of the molecule is CCC1(CNc2ccc(S(=O)(=O)C(F)F)cc2)CCCC1. The van der Waals surface area contributed by atoms with Gasteiger partial charge < -0.3 is 5.32 Å². The van der Waals surface area contributed by atoms with Crippen LogP contribution in [0.3, 0.4) is 0 Å². The number of hydrogen-bond donors (Lipinski definition) is 1. The molecule has 6 heteroatoms. The molecule has 0 heterocycles. The largest absolute Gasteiger partial charge is 0.384 e. The van der Waals surface area contributed by atoms with E-state index < -0.39 is 15.6 Å². The first-order valence-corrected chi connectivity index (χ1v) is 8.80. The minimum Gasteiger partial charge on any atom is -0.384 e. The Kier molecular flexibility index (Phi) is 4.86. The molecule has 1 aromatic carbocycles. The highest BCUT2D eigenvalue weighted by atomic mass is 32.2. The van der Waals surface area contributed by atoms with E-state index in [1.807, 2.05) is 0 Å². The molecule has 0 atom stereocenters. The van der Waals surface area contributed by atoms with Crippen molar-refractivity contribution in [1.29, 1.82) is 0 Å². The first-order valence-electron chi connectivity index (χ1n) is 7.26. The summed E-state index contributed by atoms with van der Waals surface area (Å²) >= 11 is 0. The van der Waals surface area contributed by atoms with Gasteiger partial charge in [0.15, 0.2) is 0 Å². The van der Waals surface area contributed by atoms with E-state index in [2.05, 4.69) is 12.2 Å². The standard InChI is InChI=1S/C15H21F2NO2S/c1-2-15(9-3-4-10-15)11-18-12-5-7-13(8-6-12)21(19,20)14(16)17/h5-8,14,18H,2-4,9-11H2,1H3. The number of benzene rings is 1. The third kappa shape index (κ3) is 3.54. The third-order valence-electron chi connectivity index (χ3n) is 4.50. The lowest BCUT2D eigenvalue weighted by Crippen LogP contribution is -2.25. The lowest BCUT2D eigenvalue weighted by molar-refractivity contribution is 0.234. The van der Waals surface area contributed by atoms with Gasteiger partial charge in [-0.05, 0) is 48.9 Å². The number of alkyl halides is 2. The van der Waals surface area contributed by atoms with Crippen LogP contribution in [0.4, 0.5) is 14.5 Å². The van der Waals surface area contributed by atoms with E-state index in [1.165, 1.54) is 37.8 Å². The second-order valence-electron chi connectivity index (χ2n) is 5.74. The molecule has 21 heavy (non-hydrogen) atoms. The molecule has 1 N–H and O–H groups in total. The minimum absolute atomic E-state index is 0.313. The van der Waals surface area contributed by atoms with Crippen molar-refractivity contribution in [1.82, 2.24) is 0 Å². The van der Waals surface area contributed by atoms with Crippen molar-refractivity contribution in [2.24, 2.45) is 5.41 Å². The van der Waals surface area contributed by atoms with Crippen LogP contribution in [0.5, 0.6) is 0 Å². The molecule has 1 fully saturated rings. The van der Waals surface area contributed by atoms with Gasteiger partial charge in [0.2, 0.25) is 9.84 Å². The summed E-state index contributed by atoms with van der Waals surface area (Å²) < 4.78 is 47.6. The normalized spacial score (nSPS) is 18.1. The van der Waals surface area contributed by atoms with E-state index in [9.17, 15) is 17.2 Å². The van der Waals surface area contributed by atoms with E-state index in [4.69, 9.17) is 0 Å². The van der Waals surface area contributed by atoms with E-state index in [0.29, 0.717) is 5.41 Å². The van der Waals surface area contributed by atoms with Crippen LogP contribution in [-0.4, -0.2) is 20.7 Å². The number of hydrogen-bond acceptors (Lipinski definition) is 3. The molecule has 0 bridgehead atoms. The molecule has 1 saturated carbocycles. The predicted octanol–water partition coefficient (Wildman–Crippen LogP) is 4.07. The Morgan fingerprint density at radius 2 is 1.76 bits per heavy atom. The van der Waals surface area contributed by atoms with Crippen molar-refractivity contribution in [3.8, 4) is 0 Å². The summed E-state index contributed by atoms with van der Waals surface area (Å²) in [5.41, 5.74) is 1.08. The zero-order chi connectivity index (χ0) is 15.5. The van der Waals surface area contributed by atoms with Crippen LogP contribution in [0.15, 0.2) is 29.2 Å². The molecule has 0 saturated heterocycles. The maximum absolute atomic E-state index is 12.4. The number of nitrogens with one attached hydrogen (secondary N) is 1. The fraction of sp³-hybridized carbons (Fsp3) is 0.600. The Labute approximate surface area is 124 Å². The van der Waals surface area contributed by atoms with Crippen molar-refractivity contribution in [3.63, 3.8) is 0 Å². The summed E-state index contributed by atoms with van der Waals surface area (Å²) in [4.78, 5) is -0.339. The molecule has 3 nitrogen and oxygen atoms in total. The first-order chi connectivity index (χ1) is 9.89. The van der Waals surface area contributed by atoms with Gasteiger partial charge in [-0.15, -0.1) is 0 Å². The summed E-state index contributed by atoms with van der Waals surface area (Å²) in [6.45, 7) is 3.02. The van der Waals surface area contributed by atoms with Gasteiger partial charge in [0.25, 0.3) is 0 Å². The molecule has 2 rings (SSSR count). The van der Waals surface area contributed by atoms with Gasteiger partial charge in [-0.1, -0.05) is 19.8 Å². The summed E-state index contributed by atoms with van der Waals surface area (Å²) in [6.07, 6.45) is 6.02. The van der Waals surface area contributed by atoms with Gasteiger partial charge >= 0.3 is 5.76 Å². The van der Waals surface area contributed by atoms with Crippen LogP contribution in [0.2, 0.25) is 0 Å². The smallest absolute Gasteiger partial charge is 0.341 e. The van der Waals surface area contributed by atoms with Crippen LogP contribution >= 0.6 is 0 Å². The molecular formula is C15H21F2NO2S. The topological polar surface area (TPSA) is 46.2 Å². The van der Waals surface area contributed by atoms with Gasteiger partial charge in [-0.25, -0.2) is 8.42 Å². The molecule has 118 valence electrons. The molecule has 0 aromatic heterocycles. The molecule has 0 amide bonds. The second-order valence-corrected chi connectivity index (χ2v) is 7.66. The van der Waals surface area contributed by atoms with Crippen LogP contribution in [-0.2, 0) is 9.84 Å². The van der Waals surface area contributed by atoms with E-state index in [0.717, 1.165) is 18.7 Å². The Balaban J connectivity index is 2.03. The van der Waals surface area contributed by atoms with Gasteiger partial charge in [0.05, 0.1) is 4.90 Å². The monoisotopic (exact) mass is 317 g/mol. The lowest BCUT2D eigenvalue weighted by Gasteiger charge is -2.28. The maximum Gasteiger partial charge on any atom is 0.341 e. The van der Waals surface area contributed by atoms with Crippen molar-refractivity contribution in [3.05, 3.63) is 24.3 Å². The number of rotatable bonds is 6. The molecule has 1 aliphatic rings. The Bertz CT molecular complexity index is 564. The van der Waals surface area contributed by atoms with Crippen molar-refractivity contribution < 1.29 is 17.2 Å². The lowest BCUT2D eigenvalue weighted by atomic mass is 9.83. The quantitative estimate of drug-likeness (QED) is 0.860. The number of anilines is 1. The maximum atomic E-state index is 12.4. The van der Waals surface area contributed by atoms with Crippen molar-refractivity contribution in [2.45, 2.75) is 49.7 Å². The van der Waals surface area contributed by atoms with Crippen LogP contribution < -0.4 is 5.32 Å². The highest BCUT2D eigenvalue weighted by Crippen LogP contribution is 2.40. The fourth-order valence-corrected chi connectivity index (χ4v) is 3.66. The Morgan fingerprint density at radius 3 is 2.24 bits per heavy atom. The van der Waals surface area contributed by atoms with Crippen LogP contribution in [0.25, 0.3) is 0 Å². The summed E-state index contributed by atoms with van der Waals surface area (Å²) in [6, 6.07) is 5.56. The van der Waals surface area contributed by atoms with Crippen LogP contribution in [0.1, 0.15) is 39.0 Å². The van der Waals surface area contributed by atoms with Gasteiger partial charge in [0, 0.05) is 12.2 Å². The zero-order valence-corrected chi connectivity index (χ0v) is 12.9. The molecule has 1 aromatic rings. The highest BCUT2D eigenvalue weighted by Gasteiger charge is 2.31. The fourth-order valence-electron chi connectivity index (χ4n) is 2.94. The predicted molar refractivity (Wildman–Crippen MR) is 79.3 cm³/mol. The first kappa shape index (κ1) is 16.2. The molecule has 0 aliphatic heterocycles. The van der Waals surface area contributed by atoms with Crippen molar-refractivity contribution in [2.75, 3.05) is 11.9 Å². The van der Waals surface area contributed by atoms with E-state index >= 15 is 0 Å². The molecule has 0 spiro atoms. The third-order valence-corrected chi connectivity index (χ3v) is 5.90. The highest BCUT2D eigenvalue weighted by molar-refractivity contribution is 7.91. The van der Waals surface area contributed by atoms with Gasteiger partial charge in [-0.2, -0.15) is 8.78 Å². The summed E-state index contributed by atoms with van der Waals surface area (Å²) in [5.74, 6) is -3.38. The summed E-state index contributed by atoms with van der Waals surface area (Å²) in [5, 5.41) is 3.30. The average molecular weight is 317 g/mol. The second kappa shape index (κ2) is 6.30. The zero-order valence-electron chi connectivity index (χ0n) is 12.1. The molecule has 1 aliphatic carbocycles. The molecule has 0 radical (unpaired) electrons. The summed E-state index contributed by atoms with van der Waals surface area (Å²) in [7, 11) is -4.50. The number of sulfone groups is 1.